The third-order valence-electron chi connectivity index (χ3n) is 5.73. The fourth-order valence-electron chi connectivity index (χ4n) is 4.23. The highest BCUT2D eigenvalue weighted by Gasteiger charge is 2.18. The van der Waals surface area contributed by atoms with Gasteiger partial charge in [-0.3, -0.25) is 0 Å². The fraction of sp³-hybridized carbons (Fsp3) is 0.115. The number of methoxy groups -OCH3 is 1. The SMILES string of the molecule is COc1cc(-c2cc3cc4ccccc4cc3c[n+]2C)c(C)c2ccccc12. The van der Waals surface area contributed by atoms with Gasteiger partial charge < -0.3 is 4.74 Å². The minimum absolute atomic E-state index is 0.912. The van der Waals surface area contributed by atoms with Gasteiger partial charge in [-0.05, 0) is 52.2 Å². The first-order valence-corrected chi connectivity index (χ1v) is 9.54. The molecule has 4 aromatic carbocycles. The highest BCUT2D eigenvalue weighted by Crippen LogP contribution is 2.36. The van der Waals surface area contributed by atoms with E-state index in [4.69, 9.17) is 4.74 Å². The molecule has 0 spiro atoms. The molecule has 0 fully saturated rings. The number of fused-ring (bicyclic) bond motifs is 3. The first-order chi connectivity index (χ1) is 13.7. The van der Waals surface area contributed by atoms with Crippen LogP contribution in [0.3, 0.4) is 0 Å². The number of rotatable bonds is 2. The number of aryl methyl sites for hydroxylation is 2. The van der Waals surface area contributed by atoms with Crippen LogP contribution >= 0.6 is 0 Å². The molecule has 0 saturated carbocycles. The molecule has 0 atom stereocenters. The molecule has 0 N–H and O–H groups in total. The number of hydrogen-bond donors (Lipinski definition) is 0. The first kappa shape index (κ1) is 16.8. The van der Waals surface area contributed by atoms with Crippen molar-refractivity contribution >= 4 is 32.3 Å². The van der Waals surface area contributed by atoms with E-state index in [0.29, 0.717) is 0 Å². The molecular weight excluding hydrogens is 342 g/mol. The van der Waals surface area contributed by atoms with Crippen LogP contribution in [0.2, 0.25) is 0 Å². The maximum absolute atomic E-state index is 5.72. The Kier molecular flexibility index (Phi) is 3.80. The molecule has 0 unspecified atom stereocenters. The quantitative estimate of drug-likeness (QED) is 0.278. The second-order valence-corrected chi connectivity index (χ2v) is 7.39. The van der Waals surface area contributed by atoms with E-state index in [0.717, 1.165) is 11.1 Å². The molecule has 0 radical (unpaired) electrons. The lowest BCUT2D eigenvalue weighted by Crippen LogP contribution is -2.30. The van der Waals surface area contributed by atoms with E-state index < -0.39 is 0 Å². The number of hydrogen-bond acceptors (Lipinski definition) is 1. The van der Waals surface area contributed by atoms with Gasteiger partial charge in [-0.1, -0.05) is 48.5 Å². The standard InChI is InChI=1S/C26H22NO/c1-17-22-10-6-7-11-23(22)26(28-3)15-24(17)25-14-20-12-18-8-4-5-9-19(18)13-21(20)16-27(25)2/h4-16H,1-3H3/q+1. The van der Waals surface area contributed by atoms with Gasteiger partial charge in [0.15, 0.2) is 6.20 Å². The molecule has 28 heavy (non-hydrogen) atoms. The fourth-order valence-corrected chi connectivity index (χ4v) is 4.23. The molecule has 0 aliphatic heterocycles. The molecule has 1 heterocycles. The maximum Gasteiger partial charge on any atom is 0.213 e. The van der Waals surface area contributed by atoms with E-state index in [-0.39, 0.29) is 0 Å². The second kappa shape index (κ2) is 6.35. The van der Waals surface area contributed by atoms with Gasteiger partial charge in [0.1, 0.15) is 12.8 Å². The Morgan fingerprint density at radius 1 is 0.714 bits per heavy atom. The van der Waals surface area contributed by atoms with Gasteiger partial charge in [0, 0.05) is 16.8 Å². The summed E-state index contributed by atoms with van der Waals surface area (Å²) in [5, 5.41) is 7.42. The number of aromatic nitrogens is 1. The van der Waals surface area contributed by atoms with Crippen molar-refractivity contribution in [1.29, 1.82) is 0 Å². The van der Waals surface area contributed by atoms with Crippen LogP contribution in [0.4, 0.5) is 0 Å². The van der Waals surface area contributed by atoms with Gasteiger partial charge in [-0.15, -0.1) is 0 Å². The van der Waals surface area contributed by atoms with E-state index >= 15 is 0 Å². The molecule has 0 saturated heterocycles. The largest absolute Gasteiger partial charge is 0.496 e. The van der Waals surface area contributed by atoms with Crippen LogP contribution in [0.15, 0.2) is 79.0 Å². The van der Waals surface area contributed by atoms with E-state index in [1.165, 1.54) is 43.8 Å². The summed E-state index contributed by atoms with van der Waals surface area (Å²) in [6.45, 7) is 2.20. The Morgan fingerprint density at radius 2 is 1.36 bits per heavy atom. The van der Waals surface area contributed by atoms with Crippen molar-refractivity contribution in [3.8, 4) is 17.0 Å². The highest BCUT2D eigenvalue weighted by atomic mass is 16.5. The molecule has 0 aliphatic carbocycles. The van der Waals surface area contributed by atoms with E-state index in [1.54, 1.807) is 7.11 Å². The smallest absolute Gasteiger partial charge is 0.213 e. The second-order valence-electron chi connectivity index (χ2n) is 7.39. The summed E-state index contributed by atoms with van der Waals surface area (Å²) in [5.41, 5.74) is 3.66. The van der Waals surface area contributed by atoms with Crippen molar-refractivity contribution in [1.82, 2.24) is 0 Å². The summed E-state index contributed by atoms with van der Waals surface area (Å²) >= 11 is 0. The van der Waals surface area contributed by atoms with Gasteiger partial charge in [0.2, 0.25) is 5.69 Å². The zero-order chi connectivity index (χ0) is 19.3. The van der Waals surface area contributed by atoms with Gasteiger partial charge in [-0.2, -0.15) is 0 Å². The number of benzene rings is 4. The number of pyridine rings is 1. The van der Waals surface area contributed by atoms with Crippen LogP contribution in [0, 0.1) is 6.92 Å². The van der Waals surface area contributed by atoms with E-state index in [1.807, 2.05) is 0 Å². The molecule has 0 bridgehead atoms. The van der Waals surface area contributed by atoms with Crippen LogP contribution in [0.25, 0.3) is 43.6 Å². The molecule has 5 aromatic rings. The molecule has 5 rings (SSSR count). The van der Waals surface area contributed by atoms with Crippen LogP contribution in [-0.4, -0.2) is 7.11 Å². The van der Waals surface area contributed by atoms with E-state index in [2.05, 4.69) is 97.5 Å². The zero-order valence-electron chi connectivity index (χ0n) is 16.4. The molecule has 1 aromatic heterocycles. The van der Waals surface area contributed by atoms with Crippen molar-refractivity contribution in [2.45, 2.75) is 6.92 Å². The summed E-state index contributed by atoms with van der Waals surface area (Å²) in [6.07, 6.45) is 2.22. The van der Waals surface area contributed by atoms with Crippen molar-refractivity contribution in [3.63, 3.8) is 0 Å². The lowest BCUT2D eigenvalue weighted by atomic mass is 9.95. The summed E-state index contributed by atoms with van der Waals surface area (Å²) in [6, 6.07) is 26.0. The predicted octanol–water partition coefficient (Wildman–Crippen LogP) is 5.95. The Hall–Kier alpha value is -3.39. The first-order valence-electron chi connectivity index (χ1n) is 9.54. The van der Waals surface area contributed by atoms with Gasteiger partial charge in [0.05, 0.1) is 12.7 Å². The van der Waals surface area contributed by atoms with Gasteiger partial charge >= 0.3 is 0 Å². The van der Waals surface area contributed by atoms with Crippen molar-refractivity contribution in [3.05, 3.63) is 84.6 Å². The Balaban J connectivity index is 1.82. The Morgan fingerprint density at radius 3 is 2.07 bits per heavy atom. The molecule has 0 amide bonds. The average Bonchev–Trinajstić information content (AvgIpc) is 2.73. The Bertz CT molecular complexity index is 1370. The van der Waals surface area contributed by atoms with Crippen LogP contribution in [0.5, 0.6) is 5.75 Å². The molecular formula is C26H22NO+. The zero-order valence-corrected chi connectivity index (χ0v) is 16.4. The van der Waals surface area contributed by atoms with E-state index in [9.17, 15) is 0 Å². The molecule has 2 heteroatoms. The number of nitrogens with zero attached hydrogens (tertiary/aromatic N) is 1. The minimum atomic E-state index is 0.912. The normalized spacial score (nSPS) is 11.4. The topological polar surface area (TPSA) is 13.1 Å². The van der Waals surface area contributed by atoms with Gasteiger partial charge in [-0.25, -0.2) is 4.57 Å². The molecule has 136 valence electrons. The summed E-state index contributed by atoms with van der Waals surface area (Å²) in [7, 11) is 3.86. The summed E-state index contributed by atoms with van der Waals surface area (Å²) in [4.78, 5) is 0. The van der Waals surface area contributed by atoms with Crippen LogP contribution in [-0.2, 0) is 7.05 Å². The maximum atomic E-state index is 5.72. The van der Waals surface area contributed by atoms with Gasteiger partial charge in [0.25, 0.3) is 0 Å². The van der Waals surface area contributed by atoms with Crippen molar-refractivity contribution in [2.75, 3.05) is 7.11 Å². The minimum Gasteiger partial charge on any atom is -0.496 e. The van der Waals surface area contributed by atoms with Crippen LogP contribution < -0.4 is 9.30 Å². The molecule has 2 nitrogen and oxygen atoms in total. The van der Waals surface area contributed by atoms with Crippen LogP contribution in [0.1, 0.15) is 5.56 Å². The third-order valence-corrected chi connectivity index (χ3v) is 5.73. The highest BCUT2D eigenvalue weighted by molar-refractivity contribution is 6.00. The van der Waals surface area contributed by atoms with Crippen molar-refractivity contribution in [2.24, 2.45) is 7.05 Å². The molecule has 0 aliphatic rings. The Labute approximate surface area is 164 Å². The third kappa shape index (κ3) is 2.53. The summed E-state index contributed by atoms with van der Waals surface area (Å²) < 4.78 is 7.94. The number of ether oxygens (including phenoxy) is 1. The average molecular weight is 364 g/mol. The lowest BCUT2D eigenvalue weighted by molar-refractivity contribution is -0.659. The monoisotopic (exact) mass is 364 g/mol. The predicted molar refractivity (Wildman–Crippen MR) is 117 cm³/mol. The lowest BCUT2D eigenvalue weighted by Gasteiger charge is -2.13. The van der Waals surface area contributed by atoms with Crippen molar-refractivity contribution < 1.29 is 9.30 Å². The summed E-state index contributed by atoms with van der Waals surface area (Å²) in [5.74, 6) is 0.912.